The number of hydrogen-bond acceptors (Lipinski definition) is 6. The van der Waals surface area contributed by atoms with E-state index in [1.54, 1.807) is 24.5 Å². The van der Waals surface area contributed by atoms with Crippen LogP contribution in [-0.2, 0) is 0 Å². The van der Waals surface area contributed by atoms with Crippen LogP contribution in [0.5, 0.6) is 5.88 Å². The van der Waals surface area contributed by atoms with E-state index < -0.39 is 0 Å². The maximum atomic E-state index is 12.6. The van der Waals surface area contributed by atoms with Gasteiger partial charge in [-0.2, -0.15) is 5.10 Å². The van der Waals surface area contributed by atoms with Crippen LogP contribution in [-0.4, -0.2) is 51.2 Å². The van der Waals surface area contributed by atoms with Crippen molar-refractivity contribution in [2.45, 2.75) is 38.8 Å². The van der Waals surface area contributed by atoms with Crippen LogP contribution in [0.4, 0.5) is 5.82 Å². The van der Waals surface area contributed by atoms with E-state index >= 15 is 0 Å². The van der Waals surface area contributed by atoms with Gasteiger partial charge in [0.15, 0.2) is 0 Å². The predicted molar refractivity (Wildman–Crippen MR) is 94.6 cm³/mol. The topological polar surface area (TPSA) is 80.2 Å². The molecule has 0 atom stereocenters. The Kier molecular flexibility index (Phi) is 5.42. The summed E-state index contributed by atoms with van der Waals surface area (Å²) >= 11 is 0. The lowest BCUT2D eigenvalue weighted by molar-refractivity contribution is 0.0718. The molecule has 25 heavy (non-hydrogen) atoms. The summed E-state index contributed by atoms with van der Waals surface area (Å²) in [5.74, 6) is 1.33. The first kappa shape index (κ1) is 17.1. The number of rotatable bonds is 5. The molecule has 2 aromatic heterocycles. The van der Waals surface area contributed by atoms with Gasteiger partial charge in [-0.25, -0.2) is 4.98 Å². The monoisotopic (exact) mass is 341 g/mol. The number of pyridine rings is 1. The molecular weight excluding hydrogens is 318 g/mol. The molecule has 0 saturated carbocycles. The Bertz CT molecular complexity index is 682. The Morgan fingerprint density at radius 3 is 2.68 bits per heavy atom. The van der Waals surface area contributed by atoms with E-state index in [9.17, 15) is 4.79 Å². The molecule has 0 radical (unpaired) electrons. The number of amides is 1. The third kappa shape index (κ3) is 4.65. The van der Waals surface area contributed by atoms with Crippen LogP contribution < -0.4 is 10.1 Å². The lowest BCUT2D eigenvalue weighted by atomic mass is 10.0. The molecule has 7 nitrogen and oxygen atoms in total. The van der Waals surface area contributed by atoms with Gasteiger partial charge in [-0.15, -0.1) is 5.10 Å². The largest absolute Gasteiger partial charge is 0.475 e. The van der Waals surface area contributed by atoms with E-state index in [4.69, 9.17) is 4.74 Å². The lowest BCUT2D eigenvalue weighted by Gasteiger charge is -2.32. The molecule has 1 amide bonds. The van der Waals surface area contributed by atoms with Crippen LogP contribution in [0.3, 0.4) is 0 Å². The van der Waals surface area contributed by atoms with E-state index in [0.29, 0.717) is 30.6 Å². The highest BCUT2D eigenvalue weighted by Gasteiger charge is 2.24. The van der Waals surface area contributed by atoms with Gasteiger partial charge >= 0.3 is 0 Å². The van der Waals surface area contributed by atoms with Crippen molar-refractivity contribution >= 4 is 11.7 Å². The highest BCUT2D eigenvalue weighted by molar-refractivity contribution is 5.94. The number of piperidine rings is 1. The molecule has 1 fully saturated rings. The maximum absolute atomic E-state index is 12.6. The number of carbonyl (C=O) groups is 1. The summed E-state index contributed by atoms with van der Waals surface area (Å²) in [4.78, 5) is 18.7. The standard InChI is InChI=1S/C18H23N5O2/c1-13(2)25-17-6-5-14(12-19-17)18(24)23-10-7-15(8-11-23)21-16-4-3-9-20-22-16/h3-6,9,12-13,15H,7-8,10-11H2,1-2H3,(H,21,22). The molecule has 2 aromatic rings. The van der Waals surface area contributed by atoms with Gasteiger partial charge in [-0.1, -0.05) is 0 Å². The number of hydrogen-bond donors (Lipinski definition) is 1. The first-order valence-electron chi connectivity index (χ1n) is 8.58. The number of likely N-dealkylation sites (tertiary alicyclic amines) is 1. The van der Waals surface area contributed by atoms with Crippen molar-refractivity contribution in [3.63, 3.8) is 0 Å². The van der Waals surface area contributed by atoms with Gasteiger partial charge in [0.25, 0.3) is 5.91 Å². The third-order valence-electron chi connectivity index (χ3n) is 4.05. The van der Waals surface area contributed by atoms with Gasteiger partial charge < -0.3 is 15.0 Å². The molecule has 1 aliphatic rings. The third-order valence-corrected chi connectivity index (χ3v) is 4.05. The highest BCUT2D eigenvalue weighted by Crippen LogP contribution is 2.18. The molecule has 0 unspecified atom stereocenters. The molecule has 0 aliphatic carbocycles. The Labute approximate surface area is 147 Å². The van der Waals surface area contributed by atoms with Crippen LogP contribution in [0.1, 0.15) is 37.0 Å². The first-order valence-corrected chi connectivity index (χ1v) is 8.58. The number of anilines is 1. The summed E-state index contributed by atoms with van der Waals surface area (Å²) in [5, 5.41) is 11.3. The van der Waals surface area contributed by atoms with E-state index in [-0.39, 0.29) is 12.0 Å². The molecule has 1 N–H and O–H groups in total. The highest BCUT2D eigenvalue weighted by atomic mass is 16.5. The number of aromatic nitrogens is 3. The van der Waals surface area contributed by atoms with Crippen LogP contribution in [0.25, 0.3) is 0 Å². The fourth-order valence-corrected chi connectivity index (χ4v) is 2.82. The van der Waals surface area contributed by atoms with E-state index in [0.717, 1.165) is 18.7 Å². The van der Waals surface area contributed by atoms with Crippen LogP contribution in [0, 0.1) is 0 Å². The molecular formula is C18H23N5O2. The van der Waals surface area contributed by atoms with Gasteiger partial charge in [0.05, 0.1) is 11.7 Å². The smallest absolute Gasteiger partial charge is 0.255 e. The summed E-state index contributed by atoms with van der Waals surface area (Å²) in [6.45, 7) is 5.31. The van der Waals surface area contributed by atoms with Gasteiger partial charge in [-0.3, -0.25) is 4.79 Å². The number of nitrogens with one attached hydrogen (secondary N) is 1. The average molecular weight is 341 g/mol. The van der Waals surface area contributed by atoms with Crippen LogP contribution >= 0.6 is 0 Å². The van der Waals surface area contributed by atoms with Crippen molar-refractivity contribution in [3.05, 3.63) is 42.2 Å². The first-order chi connectivity index (χ1) is 12.1. The fourth-order valence-electron chi connectivity index (χ4n) is 2.82. The van der Waals surface area contributed by atoms with Crippen LogP contribution in [0.2, 0.25) is 0 Å². The summed E-state index contributed by atoms with van der Waals surface area (Å²) < 4.78 is 5.51. The molecule has 3 heterocycles. The molecule has 132 valence electrons. The normalized spacial score (nSPS) is 15.2. The Morgan fingerprint density at radius 1 is 1.28 bits per heavy atom. The zero-order valence-electron chi connectivity index (χ0n) is 14.6. The Hall–Kier alpha value is -2.70. The van der Waals surface area contributed by atoms with Crippen molar-refractivity contribution in [1.29, 1.82) is 0 Å². The second-order valence-electron chi connectivity index (χ2n) is 6.37. The van der Waals surface area contributed by atoms with Crippen LogP contribution in [0.15, 0.2) is 36.7 Å². The summed E-state index contributed by atoms with van der Waals surface area (Å²) in [7, 11) is 0. The van der Waals surface area contributed by atoms with Crippen molar-refractivity contribution in [1.82, 2.24) is 20.1 Å². The van der Waals surface area contributed by atoms with Gasteiger partial charge in [-0.05, 0) is 44.9 Å². The Balaban J connectivity index is 1.52. The number of carbonyl (C=O) groups excluding carboxylic acids is 1. The Morgan fingerprint density at radius 2 is 2.08 bits per heavy atom. The molecule has 1 saturated heterocycles. The van der Waals surface area contributed by atoms with E-state index in [1.807, 2.05) is 30.9 Å². The molecule has 0 bridgehead atoms. The zero-order chi connectivity index (χ0) is 17.6. The summed E-state index contributed by atoms with van der Waals surface area (Å²) in [5.41, 5.74) is 0.594. The molecule has 0 spiro atoms. The lowest BCUT2D eigenvalue weighted by Crippen LogP contribution is -2.42. The predicted octanol–water partition coefficient (Wildman–Crippen LogP) is 2.38. The van der Waals surface area contributed by atoms with Gasteiger partial charge in [0.2, 0.25) is 5.88 Å². The molecule has 0 aromatic carbocycles. The minimum atomic E-state index is 0.0153. The van der Waals surface area contributed by atoms with Gasteiger partial charge in [0, 0.05) is 37.6 Å². The average Bonchev–Trinajstić information content (AvgIpc) is 2.63. The van der Waals surface area contributed by atoms with Crippen molar-refractivity contribution in [2.24, 2.45) is 0 Å². The minimum Gasteiger partial charge on any atom is -0.475 e. The molecule has 7 heteroatoms. The SMILES string of the molecule is CC(C)Oc1ccc(C(=O)N2CCC(Nc3cccnn3)CC2)cn1. The van der Waals surface area contributed by atoms with E-state index in [2.05, 4.69) is 20.5 Å². The summed E-state index contributed by atoms with van der Waals surface area (Å²) in [6, 6.07) is 7.58. The minimum absolute atomic E-state index is 0.0153. The second-order valence-corrected chi connectivity index (χ2v) is 6.37. The number of nitrogens with zero attached hydrogens (tertiary/aromatic N) is 4. The summed E-state index contributed by atoms with van der Waals surface area (Å²) in [6.07, 6.45) is 5.06. The van der Waals surface area contributed by atoms with Crippen molar-refractivity contribution in [3.8, 4) is 5.88 Å². The van der Waals surface area contributed by atoms with Gasteiger partial charge in [0.1, 0.15) is 5.82 Å². The molecule has 3 rings (SSSR count). The van der Waals surface area contributed by atoms with Crippen molar-refractivity contribution in [2.75, 3.05) is 18.4 Å². The second kappa shape index (κ2) is 7.92. The van der Waals surface area contributed by atoms with E-state index in [1.165, 1.54) is 0 Å². The van der Waals surface area contributed by atoms with Crippen molar-refractivity contribution < 1.29 is 9.53 Å². The number of ether oxygens (including phenoxy) is 1. The zero-order valence-corrected chi connectivity index (χ0v) is 14.6. The fraction of sp³-hybridized carbons (Fsp3) is 0.444. The maximum Gasteiger partial charge on any atom is 0.255 e. The quantitative estimate of drug-likeness (QED) is 0.899. The molecule has 1 aliphatic heterocycles.